The number of unbranched alkanes of at least 4 members (excludes halogenated alkanes) is 36. The average molecular weight is 834 g/mol. The molecule has 0 saturated heterocycles. The zero-order valence-electron chi connectivity index (χ0n) is 39.7. The minimum atomic E-state index is -0.667. The number of nitrogens with one attached hydrogen (secondary N) is 1. The van der Waals surface area contributed by atoms with Crippen molar-refractivity contribution in [1.29, 1.82) is 0 Å². The third kappa shape index (κ3) is 45.9. The van der Waals surface area contributed by atoms with Crippen LogP contribution in [0.15, 0.2) is 12.2 Å². The summed E-state index contributed by atoms with van der Waals surface area (Å²) < 4.78 is 5.46. The van der Waals surface area contributed by atoms with Crippen molar-refractivity contribution in [3.63, 3.8) is 0 Å². The van der Waals surface area contributed by atoms with Crippen molar-refractivity contribution >= 4 is 11.9 Å². The number of allylic oxidation sites excluding steroid dienone is 2. The molecule has 0 aliphatic carbocycles. The van der Waals surface area contributed by atoms with Crippen LogP contribution in [0.2, 0.25) is 0 Å². The molecule has 0 aromatic heterocycles. The third-order valence-corrected chi connectivity index (χ3v) is 12.3. The number of rotatable bonds is 49. The molecular weight excluding hydrogens is 731 g/mol. The third-order valence-electron chi connectivity index (χ3n) is 12.3. The van der Waals surface area contributed by atoms with Crippen LogP contribution >= 0.6 is 0 Å². The zero-order valence-corrected chi connectivity index (χ0v) is 39.7. The van der Waals surface area contributed by atoms with Gasteiger partial charge in [-0.1, -0.05) is 238 Å². The van der Waals surface area contributed by atoms with Crippen LogP contribution < -0.4 is 5.32 Å². The number of ether oxygens (including phenoxy) is 1. The first-order valence-electron chi connectivity index (χ1n) is 26.4. The predicted molar refractivity (Wildman–Crippen MR) is 255 cm³/mol. The Labute approximate surface area is 368 Å². The van der Waals surface area contributed by atoms with Crippen LogP contribution in [0.1, 0.15) is 290 Å². The van der Waals surface area contributed by atoms with Gasteiger partial charge in [0, 0.05) is 12.8 Å². The van der Waals surface area contributed by atoms with Gasteiger partial charge in [0.2, 0.25) is 5.91 Å². The first-order valence-corrected chi connectivity index (χ1v) is 26.4. The molecule has 6 nitrogen and oxygen atoms in total. The van der Waals surface area contributed by atoms with Gasteiger partial charge in [-0.15, -0.1) is 0 Å². The standard InChI is InChI=1S/C53H103NO5/c1-3-5-7-9-11-13-15-17-23-27-31-35-39-43-47-53(58)59-48-44-40-36-32-28-24-21-19-18-20-22-26-30-34-38-42-46-52(57)54-50(49-55)51(56)45-41-37-33-29-25-16-14-12-10-8-6-4-2/h15,17,50-51,55-56H,3-14,16,18-49H2,1-2H3,(H,54,57)/b17-15-. The fraction of sp³-hybridized carbons (Fsp3) is 0.925. The van der Waals surface area contributed by atoms with E-state index in [0.29, 0.717) is 25.9 Å². The molecule has 0 fully saturated rings. The summed E-state index contributed by atoms with van der Waals surface area (Å²) in [7, 11) is 0. The predicted octanol–water partition coefficient (Wildman–Crippen LogP) is 15.7. The van der Waals surface area contributed by atoms with Gasteiger partial charge in [0.1, 0.15) is 0 Å². The van der Waals surface area contributed by atoms with Gasteiger partial charge in [0.05, 0.1) is 25.4 Å². The number of carbonyl (C=O) groups excluding carboxylic acids is 2. The topological polar surface area (TPSA) is 95.9 Å². The maximum atomic E-state index is 12.4. The maximum absolute atomic E-state index is 12.4. The molecule has 3 N–H and O–H groups in total. The molecule has 0 heterocycles. The van der Waals surface area contributed by atoms with E-state index in [0.717, 1.165) is 44.9 Å². The molecule has 2 unspecified atom stereocenters. The van der Waals surface area contributed by atoms with E-state index in [1.807, 2.05) is 0 Å². The van der Waals surface area contributed by atoms with Gasteiger partial charge in [-0.3, -0.25) is 9.59 Å². The lowest BCUT2D eigenvalue weighted by Crippen LogP contribution is -2.45. The summed E-state index contributed by atoms with van der Waals surface area (Å²) in [6, 6.07) is -0.545. The fourth-order valence-electron chi connectivity index (χ4n) is 8.22. The van der Waals surface area contributed by atoms with E-state index in [-0.39, 0.29) is 18.5 Å². The van der Waals surface area contributed by atoms with Crippen LogP contribution in [0, 0.1) is 0 Å². The Hall–Kier alpha value is -1.40. The SMILES string of the molecule is CCCCCCC/C=C\CCCCCCCC(=O)OCCCCCCCCCCCCCCCCCCC(=O)NC(CO)C(O)CCCCCCCCCCCCCC. The highest BCUT2D eigenvalue weighted by Crippen LogP contribution is 2.17. The molecule has 0 aromatic carbocycles. The minimum Gasteiger partial charge on any atom is -0.466 e. The number of aliphatic hydroxyl groups is 2. The molecule has 0 aromatic rings. The highest BCUT2D eigenvalue weighted by molar-refractivity contribution is 5.76. The van der Waals surface area contributed by atoms with Crippen LogP contribution in [-0.2, 0) is 14.3 Å². The van der Waals surface area contributed by atoms with Crippen LogP contribution in [0.5, 0.6) is 0 Å². The number of hydrogen-bond acceptors (Lipinski definition) is 5. The van der Waals surface area contributed by atoms with Crippen molar-refractivity contribution in [2.45, 2.75) is 302 Å². The molecule has 0 spiro atoms. The molecule has 6 heteroatoms. The Morgan fingerprint density at radius 2 is 0.797 bits per heavy atom. The second kappa shape index (κ2) is 49.3. The highest BCUT2D eigenvalue weighted by Gasteiger charge is 2.20. The Balaban J connectivity index is 3.41. The molecule has 1 amide bonds. The molecule has 0 bridgehead atoms. The zero-order chi connectivity index (χ0) is 43.0. The Morgan fingerprint density at radius 1 is 0.458 bits per heavy atom. The maximum Gasteiger partial charge on any atom is 0.305 e. The van der Waals surface area contributed by atoms with Crippen molar-refractivity contribution < 1.29 is 24.5 Å². The lowest BCUT2D eigenvalue weighted by molar-refractivity contribution is -0.143. The first kappa shape index (κ1) is 57.6. The van der Waals surface area contributed by atoms with Crippen molar-refractivity contribution in [2.75, 3.05) is 13.2 Å². The Morgan fingerprint density at radius 3 is 1.20 bits per heavy atom. The summed E-state index contributed by atoms with van der Waals surface area (Å²) in [5.74, 6) is -0.0471. The Kier molecular flexibility index (Phi) is 48.1. The molecule has 0 rings (SSSR count). The molecular formula is C53H103NO5. The summed E-state index contributed by atoms with van der Waals surface area (Å²) in [6.07, 6.45) is 56.1. The lowest BCUT2D eigenvalue weighted by Gasteiger charge is -2.22. The monoisotopic (exact) mass is 834 g/mol. The van der Waals surface area contributed by atoms with Crippen LogP contribution in [-0.4, -0.2) is 47.4 Å². The molecule has 59 heavy (non-hydrogen) atoms. The van der Waals surface area contributed by atoms with Crippen molar-refractivity contribution in [3.05, 3.63) is 12.2 Å². The number of carbonyl (C=O) groups is 2. The van der Waals surface area contributed by atoms with Gasteiger partial charge in [0.25, 0.3) is 0 Å². The average Bonchev–Trinajstić information content (AvgIpc) is 3.24. The molecule has 0 radical (unpaired) electrons. The van der Waals surface area contributed by atoms with E-state index in [4.69, 9.17) is 4.74 Å². The van der Waals surface area contributed by atoms with E-state index < -0.39 is 12.1 Å². The number of aliphatic hydroxyl groups excluding tert-OH is 2. The van der Waals surface area contributed by atoms with Gasteiger partial charge in [-0.25, -0.2) is 0 Å². The summed E-state index contributed by atoms with van der Waals surface area (Å²) in [6.45, 7) is 4.93. The van der Waals surface area contributed by atoms with Crippen LogP contribution in [0.25, 0.3) is 0 Å². The summed E-state index contributed by atoms with van der Waals surface area (Å²) >= 11 is 0. The first-order chi connectivity index (χ1) is 29.0. The molecule has 2 atom stereocenters. The van der Waals surface area contributed by atoms with Crippen LogP contribution in [0.4, 0.5) is 0 Å². The smallest absolute Gasteiger partial charge is 0.305 e. The Bertz CT molecular complexity index is 878. The van der Waals surface area contributed by atoms with Gasteiger partial charge in [-0.05, 0) is 51.4 Å². The second-order valence-corrected chi connectivity index (χ2v) is 18.2. The highest BCUT2D eigenvalue weighted by atomic mass is 16.5. The summed E-state index contributed by atoms with van der Waals surface area (Å²) in [5.41, 5.74) is 0. The quantitative estimate of drug-likeness (QED) is 0.0322. The summed E-state index contributed by atoms with van der Waals surface area (Å²) in [4.78, 5) is 24.4. The molecule has 0 aliphatic heterocycles. The van der Waals surface area contributed by atoms with Crippen molar-refractivity contribution in [2.24, 2.45) is 0 Å². The lowest BCUT2D eigenvalue weighted by atomic mass is 10.0. The van der Waals surface area contributed by atoms with Gasteiger partial charge in [-0.2, -0.15) is 0 Å². The number of hydrogen-bond donors (Lipinski definition) is 3. The second-order valence-electron chi connectivity index (χ2n) is 18.2. The van der Waals surface area contributed by atoms with Gasteiger partial charge < -0.3 is 20.3 Å². The van der Waals surface area contributed by atoms with E-state index in [9.17, 15) is 19.8 Å². The van der Waals surface area contributed by atoms with Crippen LogP contribution in [0.3, 0.4) is 0 Å². The molecule has 350 valence electrons. The minimum absolute atomic E-state index is 0.00522. The fourth-order valence-corrected chi connectivity index (χ4v) is 8.22. The van der Waals surface area contributed by atoms with Crippen molar-refractivity contribution in [1.82, 2.24) is 5.32 Å². The van der Waals surface area contributed by atoms with E-state index in [1.54, 1.807) is 0 Å². The van der Waals surface area contributed by atoms with Crippen molar-refractivity contribution in [3.8, 4) is 0 Å². The van der Waals surface area contributed by atoms with Gasteiger partial charge in [0.15, 0.2) is 0 Å². The van der Waals surface area contributed by atoms with E-state index in [2.05, 4.69) is 31.3 Å². The summed E-state index contributed by atoms with van der Waals surface area (Å²) in [5, 5.41) is 23.2. The van der Waals surface area contributed by atoms with Gasteiger partial charge >= 0.3 is 5.97 Å². The number of esters is 1. The molecule has 0 aliphatic rings. The molecule has 0 saturated carbocycles. The van der Waals surface area contributed by atoms with E-state index >= 15 is 0 Å². The number of amides is 1. The van der Waals surface area contributed by atoms with E-state index in [1.165, 1.54) is 212 Å². The largest absolute Gasteiger partial charge is 0.466 e. The normalized spacial score (nSPS) is 12.7.